The summed E-state index contributed by atoms with van der Waals surface area (Å²) in [5, 5.41) is 14.4. The number of aromatic nitrogens is 1. The molecule has 2 atom stereocenters. The van der Waals surface area contributed by atoms with Crippen LogP contribution < -0.4 is 0 Å². The maximum absolute atomic E-state index is 14.8. The van der Waals surface area contributed by atoms with Crippen LogP contribution in [0.25, 0.3) is 22.0 Å². The van der Waals surface area contributed by atoms with Gasteiger partial charge in [0.25, 0.3) is 5.91 Å². The van der Waals surface area contributed by atoms with Crippen LogP contribution >= 0.6 is 0 Å². The van der Waals surface area contributed by atoms with E-state index >= 15 is 0 Å². The Morgan fingerprint density at radius 3 is 2.43 bits per heavy atom. The van der Waals surface area contributed by atoms with Crippen molar-refractivity contribution in [1.29, 1.82) is 0 Å². The molecular weight excluding hydrogens is 733 g/mol. The van der Waals surface area contributed by atoms with Crippen LogP contribution in [-0.4, -0.2) is 116 Å². The van der Waals surface area contributed by atoms with E-state index in [0.29, 0.717) is 38.3 Å². The molecule has 3 aliphatic rings. The fourth-order valence-corrected chi connectivity index (χ4v) is 8.65. The lowest BCUT2D eigenvalue weighted by molar-refractivity contribution is -0.205. The summed E-state index contributed by atoms with van der Waals surface area (Å²) in [6, 6.07) is 29.3. The van der Waals surface area contributed by atoms with Gasteiger partial charge in [-0.1, -0.05) is 78.9 Å². The first-order valence-electron chi connectivity index (χ1n) is 19.8. The number of hydrazine groups is 1. The molecule has 3 fully saturated rings. The molecule has 0 unspecified atom stereocenters. The Kier molecular flexibility index (Phi) is 11.1. The van der Waals surface area contributed by atoms with Gasteiger partial charge in [0.1, 0.15) is 18.0 Å². The fourth-order valence-electron chi connectivity index (χ4n) is 8.65. The van der Waals surface area contributed by atoms with Gasteiger partial charge < -0.3 is 29.1 Å². The van der Waals surface area contributed by atoms with E-state index in [1.165, 1.54) is 0 Å². The number of fused-ring (bicyclic) bond motifs is 2. The Morgan fingerprint density at radius 2 is 1.67 bits per heavy atom. The number of hydrogen-bond acceptors (Lipinski definition) is 7. The molecule has 298 valence electrons. The van der Waals surface area contributed by atoms with E-state index in [1.807, 2.05) is 78.7 Å². The van der Waals surface area contributed by atoms with Crippen molar-refractivity contribution in [2.45, 2.75) is 38.0 Å². The monoisotopic (exact) mass is 780 g/mol. The second-order valence-corrected chi connectivity index (χ2v) is 15.2. The molecule has 3 saturated heterocycles. The lowest BCUT2D eigenvalue weighted by Gasteiger charge is -2.55. The van der Waals surface area contributed by atoms with E-state index in [4.69, 9.17) is 4.74 Å². The van der Waals surface area contributed by atoms with Gasteiger partial charge in [0.2, 0.25) is 17.7 Å². The molecule has 1 N–H and O–H groups in total. The number of nitrogens with zero attached hydrogens (tertiary/aromatic N) is 6. The summed E-state index contributed by atoms with van der Waals surface area (Å²) in [5.74, 6) is -0.514. The Morgan fingerprint density at radius 1 is 0.914 bits per heavy atom. The largest absolute Gasteiger partial charge is 0.508 e. The van der Waals surface area contributed by atoms with Crippen LogP contribution in [0.2, 0.25) is 0 Å². The maximum atomic E-state index is 14.8. The highest BCUT2D eigenvalue weighted by Gasteiger charge is 2.51. The standard InChI is InChI=1S/C46H48N6O6/c1-3-21-50-31-43(55)51-40(26-33-15-18-37(53)19-16-33)46(57)49(30-41(51)52(50)42(54)20-17-32-9-5-4-6-10-32)28-36-13-8-14-38-39(29-47(2)44(36)38)34-11-7-12-35(27-34)45(56)48-22-24-58-25-23-48/h3-16,18-19,27,29,40-41,53H,1,17,20-26,28,30-31H2,2H3/t40-,41-/m0/s1. The molecular formula is C46H48N6O6. The predicted molar refractivity (Wildman–Crippen MR) is 220 cm³/mol. The van der Waals surface area contributed by atoms with Crippen LogP contribution in [0, 0.1) is 0 Å². The van der Waals surface area contributed by atoms with Crippen LogP contribution in [0.5, 0.6) is 5.75 Å². The lowest BCUT2D eigenvalue weighted by Crippen LogP contribution is -2.75. The molecule has 12 nitrogen and oxygen atoms in total. The summed E-state index contributed by atoms with van der Waals surface area (Å²) in [7, 11) is 1.98. The smallest absolute Gasteiger partial charge is 0.254 e. The van der Waals surface area contributed by atoms with Crippen LogP contribution in [0.1, 0.15) is 33.5 Å². The van der Waals surface area contributed by atoms with E-state index < -0.39 is 12.2 Å². The highest BCUT2D eigenvalue weighted by Crippen LogP contribution is 2.35. The number of phenolic OH excluding ortho intramolecular Hbond substituents is 1. The number of para-hydroxylation sites is 1. The van der Waals surface area contributed by atoms with E-state index in [1.54, 1.807) is 50.2 Å². The van der Waals surface area contributed by atoms with Crippen LogP contribution in [-0.2, 0) is 45.6 Å². The van der Waals surface area contributed by atoms with E-state index in [0.717, 1.165) is 38.7 Å². The zero-order chi connectivity index (χ0) is 40.3. The zero-order valence-electron chi connectivity index (χ0n) is 32.7. The van der Waals surface area contributed by atoms with Gasteiger partial charge in [0, 0.05) is 68.8 Å². The van der Waals surface area contributed by atoms with Crippen LogP contribution in [0.15, 0.2) is 116 Å². The summed E-state index contributed by atoms with van der Waals surface area (Å²) in [5.41, 5.74) is 6.15. The number of phenols is 1. The molecule has 4 amide bonds. The third-order valence-corrected chi connectivity index (χ3v) is 11.4. The molecule has 0 saturated carbocycles. The Bertz CT molecular complexity index is 2340. The molecule has 1 aromatic heterocycles. The van der Waals surface area contributed by atoms with Crippen molar-refractivity contribution in [3.05, 3.63) is 138 Å². The summed E-state index contributed by atoms with van der Waals surface area (Å²) in [4.78, 5) is 61.8. The predicted octanol–water partition coefficient (Wildman–Crippen LogP) is 5.01. The Balaban J connectivity index is 1.14. The van der Waals surface area contributed by atoms with Gasteiger partial charge in [-0.15, -0.1) is 6.58 Å². The number of carbonyl (C=O) groups excluding carboxylic acids is 4. The van der Waals surface area contributed by atoms with Gasteiger partial charge in [-0.3, -0.25) is 19.2 Å². The van der Waals surface area contributed by atoms with Crippen molar-refractivity contribution < 1.29 is 29.0 Å². The Labute approximate surface area is 338 Å². The number of morpholine rings is 1. The number of aryl methyl sites for hydroxylation is 2. The summed E-state index contributed by atoms with van der Waals surface area (Å²) >= 11 is 0. The first kappa shape index (κ1) is 38.6. The van der Waals surface area contributed by atoms with Gasteiger partial charge in [0.15, 0.2) is 0 Å². The van der Waals surface area contributed by atoms with E-state index in [-0.39, 0.29) is 68.4 Å². The molecule has 12 heteroatoms. The summed E-state index contributed by atoms with van der Waals surface area (Å²) in [6.45, 7) is 6.66. The minimum Gasteiger partial charge on any atom is -0.508 e. The molecule has 3 aliphatic heterocycles. The number of hydrogen-bond donors (Lipinski definition) is 1. The van der Waals surface area contributed by atoms with Gasteiger partial charge in [0.05, 0.1) is 31.8 Å². The molecule has 4 aromatic carbocycles. The number of ether oxygens (including phenoxy) is 1. The number of carbonyl (C=O) groups is 4. The normalized spacial score (nSPS) is 18.8. The first-order valence-corrected chi connectivity index (χ1v) is 19.8. The highest BCUT2D eigenvalue weighted by atomic mass is 16.5. The third-order valence-electron chi connectivity index (χ3n) is 11.4. The molecule has 4 heterocycles. The van der Waals surface area contributed by atoms with Gasteiger partial charge in [-0.25, -0.2) is 10.0 Å². The van der Waals surface area contributed by atoms with Gasteiger partial charge >= 0.3 is 0 Å². The lowest BCUT2D eigenvalue weighted by atomic mass is 9.97. The summed E-state index contributed by atoms with van der Waals surface area (Å²) in [6.07, 6.45) is 3.95. The second-order valence-electron chi connectivity index (χ2n) is 15.2. The number of rotatable bonds is 11. The molecule has 0 radical (unpaired) electrons. The molecule has 58 heavy (non-hydrogen) atoms. The number of benzene rings is 4. The number of aromatic hydroxyl groups is 1. The third kappa shape index (κ3) is 7.72. The number of piperazine rings is 1. The molecule has 5 aromatic rings. The van der Waals surface area contributed by atoms with Crippen LogP contribution in [0.3, 0.4) is 0 Å². The average Bonchev–Trinajstić information content (AvgIpc) is 3.59. The molecule has 0 aliphatic carbocycles. The fraction of sp³-hybridized carbons (Fsp3) is 0.304. The quantitative estimate of drug-likeness (QED) is 0.187. The minimum absolute atomic E-state index is 0.0222. The molecule has 0 bridgehead atoms. The maximum Gasteiger partial charge on any atom is 0.254 e. The van der Waals surface area contributed by atoms with Gasteiger partial charge in [-0.2, -0.15) is 0 Å². The topological polar surface area (TPSA) is 119 Å². The second kappa shape index (κ2) is 16.7. The minimum atomic E-state index is -0.888. The highest BCUT2D eigenvalue weighted by molar-refractivity contribution is 6.01. The zero-order valence-corrected chi connectivity index (χ0v) is 32.7. The molecule has 8 rings (SSSR count). The SMILES string of the molecule is C=CCN1CC(=O)N2[C@@H](Cc3ccc(O)cc3)C(=O)N(Cc3cccc4c(-c5cccc(C(=O)N6CCOCC6)c5)cn(C)c34)C[C@@H]2N1C(=O)CCc1ccccc1. The Hall–Kier alpha value is -6.24. The van der Waals surface area contributed by atoms with Crippen molar-refractivity contribution >= 4 is 34.5 Å². The van der Waals surface area contributed by atoms with Crippen molar-refractivity contribution in [2.24, 2.45) is 7.05 Å². The van der Waals surface area contributed by atoms with Crippen molar-refractivity contribution in [1.82, 2.24) is 29.3 Å². The van der Waals surface area contributed by atoms with Crippen molar-refractivity contribution in [2.75, 3.05) is 45.9 Å². The van der Waals surface area contributed by atoms with Crippen molar-refractivity contribution in [3.63, 3.8) is 0 Å². The van der Waals surface area contributed by atoms with Gasteiger partial charge in [-0.05, 0) is 52.9 Å². The van der Waals surface area contributed by atoms with Crippen molar-refractivity contribution in [3.8, 4) is 16.9 Å². The summed E-state index contributed by atoms with van der Waals surface area (Å²) < 4.78 is 7.51. The number of amides is 4. The molecule has 0 spiro atoms. The average molecular weight is 781 g/mol. The van der Waals surface area contributed by atoms with E-state index in [2.05, 4.69) is 23.4 Å². The van der Waals surface area contributed by atoms with E-state index in [9.17, 15) is 24.3 Å². The van der Waals surface area contributed by atoms with Crippen LogP contribution in [0.4, 0.5) is 0 Å². The first-order chi connectivity index (χ1) is 28.2.